The molecule has 7 nitrogen and oxygen atoms in total. The monoisotopic (exact) mass is 364 g/mol. The van der Waals surface area contributed by atoms with Gasteiger partial charge in [-0.3, -0.25) is 4.55 Å². The summed E-state index contributed by atoms with van der Waals surface area (Å²) in [5.41, 5.74) is 2.46. The summed E-state index contributed by atoms with van der Waals surface area (Å²) in [4.78, 5) is 13.0. The number of aromatic hydroxyl groups is 1. The zero-order valence-electron chi connectivity index (χ0n) is 13.8. The van der Waals surface area contributed by atoms with Crippen LogP contribution in [0, 0.1) is 4.91 Å². The number of hydrogen-bond donors (Lipinski definition) is 2. The summed E-state index contributed by atoms with van der Waals surface area (Å²) in [6.45, 7) is 3.01. The van der Waals surface area contributed by atoms with E-state index < -0.39 is 10.1 Å². The Morgan fingerprint density at radius 3 is 2.36 bits per heavy atom. The molecule has 0 unspecified atom stereocenters. The normalized spacial score (nSPS) is 11.3. The number of benzene rings is 2. The number of nitroso groups, excluding NO2 is 1. The minimum absolute atomic E-state index is 0.126. The minimum Gasteiger partial charge on any atom is -0.508 e. The van der Waals surface area contributed by atoms with Gasteiger partial charge >= 0.3 is 0 Å². The fraction of sp³-hybridized carbons (Fsp3) is 0.294. The molecule has 0 heterocycles. The Morgan fingerprint density at radius 1 is 1.12 bits per heavy atom. The van der Waals surface area contributed by atoms with Gasteiger partial charge < -0.3 is 10.0 Å². The van der Waals surface area contributed by atoms with Crippen molar-refractivity contribution in [2.45, 2.75) is 13.3 Å². The van der Waals surface area contributed by atoms with Gasteiger partial charge in [0.1, 0.15) is 11.4 Å². The second kappa shape index (κ2) is 8.09. The largest absolute Gasteiger partial charge is 0.508 e. The molecular formula is C17H20N2O5S. The smallest absolute Gasteiger partial charge is 0.264 e. The molecule has 0 aliphatic heterocycles. The lowest BCUT2D eigenvalue weighted by atomic mass is 10.0. The van der Waals surface area contributed by atoms with Crippen LogP contribution in [0.3, 0.4) is 0 Å². The van der Waals surface area contributed by atoms with Crippen molar-refractivity contribution < 1.29 is 18.1 Å². The fourth-order valence-corrected chi connectivity index (χ4v) is 3.07. The third kappa shape index (κ3) is 5.27. The maximum Gasteiger partial charge on any atom is 0.264 e. The van der Waals surface area contributed by atoms with E-state index in [1.807, 2.05) is 11.8 Å². The Kier molecular flexibility index (Phi) is 6.11. The molecule has 0 aliphatic carbocycles. The molecule has 8 heteroatoms. The highest BCUT2D eigenvalue weighted by Gasteiger charge is 2.12. The molecule has 0 saturated heterocycles. The summed E-state index contributed by atoms with van der Waals surface area (Å²) in [6, 6.07) is 11.6. The van der Waals surface area contributed by atoms with Gasteiger partial charge in [0.15, 0.2) is 0 Å². The number of rotatable bonds is 8. The summed E-state index contributed by atoms with van der Waals surface area (Å²) in [7, 11) is -3.98. The van der Waals surface area contributed by atoms with Crippen LogP contribution in [0.2, 0.25) is 0 Å². The van der Waals surface area contributed by atoms with E-state index in [-0.39, 0.29) is 23.6 Å². The van der Waals surface area contributed by atoms with Crippen LogP contribution in [0.5, 0.6) is 5.75 Å². The van der Waals surface area contributed by atoms with E-state index in [9.17, 15) is 18.4 Å². The molecule has 134 valence electrons. The predicted molar refractivity (Wildman–Crippen MR) is 97.9 cm³/mol. The Hall–Kier alpha value is -2.45. The average molecular weight is 364 g/mol. The maximum absolute atomic E-state index is 11.1. The highest BCUT2D eigenvalue weighted by Crippen LogP contribution is 2.34. The Balaban J connectivity index is 2.30. The molecular weight excluding hydrogens is 344 g/mol. The molecule has 2 aromatic carbocycles. The van der Waals surface area contributed by atoms with Crippen molar-refractivity contribution in [3.8, 4) is 16.9 Å². The van der Waals surface area contributed by atoms with Crippen molar-refractivity contribution in [1.82, 2.24) is 0 Å². The summed E-state index contributed by atoms with van der Waals surface area (Å²) in [5, 5.41) is 12.5. The van der Waals surface area contributed by atoms with Crippen LogP contribution in [-0.4, -0.2) is 36.9 Å². The van der Waals surface area contributed by atoms with Gasteiger partial charge in [-0.05, 0) is 54.4 Å². The van der Waals surface area contributed by atoms with Gasteiger partial charge in [0.2, 0.25) is 0 Å². The molecule has 0 atom stereocenters. The van der Waals surface area contributed by atoms with Crippen LogP contribution in [-0.2, 0) is 10.1 Å². The SMILES string of the molecule is CCN(CCCS(=O)(=O)O)c1ccc(N=O)c(-c2ccc(O)cc2)c1. The van der Waals surface area contributed by atoms with Crippen LogP contribution in [0.15, 0.2) is 47.6 Å². The summed E-state index contributed by atoms with van der Waals surface area (Å²) < 4.78 is 30.6. The van der Waals surface area contributed by atoms with Gasteiger partial charge in [0.05, 0.1) is 5.75 Å². The first kappa shape index (κ1) is 18.9. The first-order valence-electron chi connectivity index (χ1n) is 7.81. The third-order valence-electron chi connectivity index (χ3n) is 3.83. The highest BCUT2D eigenvalue weighted by molar-refractivity contribution is 7.85. The molecule has 2 N–H and O–H groups in total. The van der Waals surface area contributed by atoms with Crippen molar-refractivity contribution in [3.63, 3.8) is 0 Å². The minimum atomic E-state index is -3.98. The summed E-state index contributed by atoms with van der Waals surface area (Å²) >= 11 is 0. The predicted octanol–water partition coefficient (Wildman–Crippen LogP) is 3.56. The first-order chi connectivity index (χ1) is 11.8. The number of nitrogens with zero attached hydrogens (tertiary/aromatic N) is 2. The average Bonchev–Trinajstić information content (AvgIpc) is 2.58. The lowest BCUT2D eigenvalue weighted by Crippen LogP contribution is -2.25. The number of hydrogen-bond acceptors (Lipinski definition) is 6. The number of phenols is 1. The Bertz CT molecular complexity index is 835. The van der Waals surface area contributed by atoms with E-state index in [0.717, 1.165) is 11.3 Å². The van der Waals surface area contributed by atoms with Gasteiger partial charge in [0, 0.05) is 24.3 Å². The maximum atomic E-state index is 11.1. The molecule has 0 amide bonds. The lowest BCUT2D eigenvalue weighted by Gasteiger charge is -2.24. The van der Waals surface area contributed by atoms with E-state index in [4.69, 9.17) is 4.55 Å². The molecule has 0 spiro atoms. The molecule has 2 aromatic rings. The van der Waals surface area contributed by atoms with E-state index >= 15 is 0 Å². The molecule has 2 rings (SSSR count). The van der Waals surface area contributed by atoms with Crippen LogP contribution in [0.4, 0.5) is 11.4 Å². The van der Waals surface area contributed by atoms with E-state index in [2.05, 4.69) is 5.18 Å². The van der Waals surface area contributed by atoms with Crippen LogP contribution < -0.4 is 4.90 Å². The molecule has 0 bridgehead atoms. The van der Waals surface area contributed by atoms with E-state index in [1.165, 1.54) is 12.1 Å². The first-order valence-corrected chi connectivity index (χ1v) is 9.42. The molecule has 0 aromatic heterocycles. The van der Waals surface area contributed by atoms with Crippen molar-refractivity contribution in [2.75, 3.05) is 23.7 Å². The van der Waals surface area contributed by atoms with Gasteiger partial charge in [-0.1, -0.05) is 12.1 Å². The van der Waals surface area contributed by atoms with Gasteiger partial charge in [-0.2, -0.15) is 8.42 Å². The van der Waals surface area contributed by atoms with Gasteiger partial charge in [-0.15, -0.1) is 4.91 Å². The van der Waals surface area contributed by atoms with Crippen molar-refractivity contribution >= 4 is 21.5 Å². The molecule has 0 radical (unpaired) electrons. The number of anilines is 1. The van der Waals surface area contributed by atoms with Crippen LogP contribution in [0.25, 0.3) is 11.1 Å². The topological polar surface area (TPSA) is 107 Å². The van der Waals surface area contributed by atoms with Crippen molar-refractivity contribution in [2.24, 2.45) is 5.18 Å². The van der Waals surface area contributed by atoms with Gasteiger partial charge in [0.25, 0.3) is 10.1 Å². The van der Waals surface area contributed by atoms with Crippen LogP contribution >= 0.6 is 0 Å². The zero-order chi connectivity index (χ0) is 18.4. The summed E-state index contributed by atoms with van der Waals surface area (Å²) in [6.07, 6.45) is 0.287. The quantitative estimate of drug-likeness (QED) is 0.548. The summed E-state index contributed by atoms with van der Waals surface area (Å²) in [5.74, 6) is -0.177. The number of phenolic OH excluding ortho intramolecular Hbond substituents is 1. The van der Waals surface area contributed by atoms with E-state index in [1.54, 1.807) is 30.3 Å². The lowest BCUT2D eigenvalue weighted by molar-refractivity contribution is 0.475. The zero-order valence-corrected chi connectivity index (χ0v) is 14.6. The molecule has 0 fully saturated rings. The Labute approximate surface area is 146 Å². The second-order valence-electron chi connectivity index (χ2n) is 5.56. The highest BCUT2D eigenvalue weighted by atomic mass is 32.2. The fourth-order valence-electron chi connectivity index (χ4n) is 2.58. The second-order valence-corrected chi connectivity index (χ2v) is 7.13. The van der Waals surface area contributed by atoms with E-state index in [0.29, 0.717) is 18.7 Å². The molecule has 0 aliphatic rings. The van der Waals surface area contributed by atoms with Gasteiger partial charge in [-0.25, -0.2) is 0 Å². The molecule has 25 heavy (non-hydrogen) atoms. The van der Waals surface area contributed by atoms with Crippen molar-refractivity contribution in [1.29, 1.82) is 0 Å². The molecule has 0 saturated carbocycles. The third-order valence-corrected chi connectivity index (χ3v) is 4.64. The standard InChI is InChI=1S/C17H20N2O5S/c1-2-19(10-3-11-25(22,23)24)14-6-9-17(18-21)16(12-14)13-4-7-15(20)8-5-13/h4-9,12,20H,2-3,10-11H2,1H3,(H,22,23,24). The van der Waals surface area contributed by atoms with Crippen molar-refractivity contribution in [3.05, 3.63) is 47.4 Å². The van der Waals surface area contributed by atoms with Crippen LogP contribution in [0.1, 0.15) is 13.3 Å². The Morgan fingerprint density at radius 2 is 1.80 bits per heavy atom.